The van der Waals surface area contributed by atoms with Gasteiger partial charge in [-0.1, -0.05) is 68.4 Å². The SMILES string of the molecule is COC(=O)N[C@H](C(=O)N[C@@H](Cc1ccccc1)[C@@H](O)CN(N)Cc1ccc(-c2cnccn2)cc1)C(C)C. The molecular weight excluding hydrogens is 484 g/mol. The van der Waals surface area contributed by atoms with Gasteiger partial charge in [0.15, 0.2) is 0 Å². The van der Waals surface area contributed by atoms with Gasteiger partial charge in [0, 0.05) is 31.0 Å². The van der Waals surface area contributed by atoms with Gasteiger partial charge in [0.2, 0.25) is 5.91 Å². The third kappa shape index (κ3) is 8.62. The first-order chi connectivity index (χ1) is 18.3. The predicted octanol–water partition coefficient (Wildman–Crippen LogP) is 2.29. The fourth-order valence-electron chi connectivity index (χ4n) is 4.04. The lowest BCUT2D eigenvalue weighted by molar-refractivity contribution is -0.125. The first kappa shape index (κ1) is 28.7. The summed E-state index contributed by atoms with van der Waals surface area (Å²) in [5, 5.41) is 18.1. The molecule has 3 atom stereocenters. The first-order valence-corrected chi connectivity index (χ1v) is 12.5. The lowest BCUT2D eigenvalue weighted by Crippen LogP contribution is -2.56. The van der Waals surface area contributed by atoms with E-state index < -0.39 is 30.2 Å². The van der Waals surface area contributed by atoms with Gasteiger partial charge >= 0.3 is 6.09 Å². The number of hydrogen-bond acceptors (Lipinski definition) is 8. The van der Waals surface area contributed by atoms with Crippen LogP contribution in [0.15, 0.2) is 73.2 Å². The number of carbonyl (C=O) groups is 2. The smallest absolute Gasteiger partial charge is 0.407 e. The van der Waals surface area contributed by atoms with Crippen molar-refractivity contribution in [2.45, 2.75) is 45.0 Å². The number of ether oxygens (including phenoxy) is 1. The summed E-state index contributed by atoms with van der Waals surface area (Å²) < 4.78 is 4.66. The molecule has 1 aromatic heterocycles. The molecule has 0 saturated carbocycles. The number of alkyl carbamates (subject to hydrolysis) is 1. The number of hydrazine groups is 1. The summed E-state index contributed by atoms with van der Waals surface area (Å²) in [6, 6.07) is 15.9. The van der Waals surface area contributed by atoms with Gasteiger partial charge in [-0.05, 0) is 23.5 Å². The van der Waals surface area contributed by atoms with E-state index >= 15 is 0 Å². The number of nitrogens with zero attached hydrogens (tertiary/aromatic N) is 3. The number of nitrogens with one attached hydrogen (secondary N) is 2. The Hall–Kier alpha value is -3.86. The van der Waals surface area contributed by atoms with E-state index in [1.54, 1.807) is 18.6 Å². The summed E-state index contributed by atoms with van der Waals surface area (Å²) in [5.41, 5.74) is 3.62. The van der Waals surface area contributed by atoms with Gasteiger partial charge in [-0.25, -0.2) is 9.80 Å². The number of rotatable bonds is 12. The molecule has 1 heterocycles. The fraction of sp³-hybridized carbons (Fsp3) is 0.357. The minimum atomic E-state index is -0.978. The van der Waals surface area contributed by atoms with Crippen LogP contribution in [0.2, 0.25) is 0 Å². The minimum absolute atomic E-state index is 0.112. The standard InChI is InChI=1S/C28H36N6O4/c1-19(2)26(33-28(37)38-3)27(36)32-23(15-20-7-5-4-6-8-20)25(35)18-34(29)17-21-9-11-22(12-10-21)24-16-30-13-14-31-24/h4-14,16,19,23,25-26,35H,15,17-18,29H2,1-3H3,(H,32,36)(H,33,37)/t23-,25-,26-/m0/s1. The van der Waals surface area contributed by atoms with Gasteiger partial charge in [-0.15, -0.1) is 0 Å². The molecule has 3 rings (SSSR count). The maximum atomic E-state index is 13.1. The van der Waals surface area contributed by atoms with E-state index in [0.29, 0.717) is 13.0 Å². The van der Waals surface area contributed by atoms with Crippen LogP contribution in [0.4, 0.5) is 4.79 Å². The second-order valence-corrected chi connectivity index (χ2v) is 9.45. The Morgan fingerprint density at radius 1 is 1.03 bits per heavy atom. The van der Waals surface area contributed by atoms with E-state index in [1.807, 2.05) is 68.4 Å². The van der Waals surface area contributed by atoms with Gasteiger partial charge in [-0.3, -0.25) is 20.6 Å². The number of aliphatic hydroxyl groups is 1. The molecule has 2 amide bonds. The quantitative estimate of drug-likeness (QED) is 0.210. The Labute approximate surface area is 223 Å². The van der Waals surface area contributed by atoms with Gasteiger partial charge < -0.3 is 20.5 Å². The number of benzene rings is 2. The summed E-state index contributed by atoms with van der Waals surface area (Å²) in [6.45, 7) is 4.14. The zero-order chi connectivity index (χ0) is 27.5. The number of amides is 2. The van der Waals surface area contributed by atoms with Crippen LogP contribution in [0.3, 0.4) is 0 Å². The highest BCUT2D eigenvalue weighted by atomic mass is 16.5. The highest BCUT2D eigenvalue weighted by molar-refractivity contribution is 5.86. The van der Waals surface area contributed by atoms with Crippen LogP contribution < -0.4 is 16.5 Å². The number of carbonyl (C=O) groups excluding carboxylic acids is 2. The molecular formula is C28H36N6O4. The molecule has 3 aromatic rings. The fourth-order valence-corrected chi connectivity index (χ4v) is 4.04. The van der Waals surface area contributed by atoms with Crippen LogP contribution in [0.1, 0.15) is 25.0 Å². The molecule has 0 bridgehead atoms. The highest BCUT2D eigenvalue weighted by Crippen LogP contribution is 2.17. The zero-order valence-electron chi connectivity index (χ0n) is 21.9. The number of hydrogen-bond donors (Lipinski definition) is 4. The van der Waals surface area contributed by atoms with Crippen LogP contribution in [0, 0.1) is 5.92 Å². The van der Waals surface area contributed by atoms with E-state index in [2.05, 4.69) is 25.3 Å². The number of nitrogens with two attached hydrogens (primary N) is 1. The van der Waals surface area contributed by atoms with Crippen LogP contribution >= 0.6 is 0 Å². The molecule has 0 aliphatic heterocycles. The molecule has 0 fully saturated rings. The lowest BCUT2D eigenvalue weighted by Gasteiger charge is -2.30. The van der Waals surface area contributed by atoms with Crippen molar-refractivity contribution in [2.75, 3.05) is 13.7 Å². The Morgan fingerprint density at radius 3 is 2.34 bits per heavy atom. The van der Waals surface area contributed by atoms with Crippen molar-refractivity contribution in [1.29, 1.82) is 0 Å². The second kappa shape index (κ2) is 14.2. The highest BCUT2D eigenvalue weighted by Gasteiger charge is 2.30. The Bertz CT molecular complexity index is 1150. The molecule has 38 heavy (non-hydrogen) atoms. The van der Waals surface area contributed by atoms with Crippen molar-refractivity contribution < 1.29 is 19.4 Å². The molecule has 10 nitrogen and oxygen atoms in total. The number of methoxy groups -OCH3 is 1. The minimum Gasteiger partial charge on any atom is -0.453 e. The third-order valence-electron chi connectivity index (χ3n) is 6.12. The average Bonchev–Trinajstić information content (AvgIpc) is 2.92. The van der Waals surface area contributed by atoms with Crippen LogP contribution in [0.25, 0.3) is 11.3 Å². The molecule has 5 N–H and O–H groups in total. The summed E-state index contributed by atoms with van der Waals surface area (Å²) in [4.78, 5) is 33.3. The van der Waals surface area contributed by atoms with Gasteiger partial charge in [0.05, 0.1) is 31.1 Å². The Morgan fingerprint density at radius 2 is 1.74 bits per heavy atom. The van der Waals surface area contributed by atoms with Gasteiger partial charge in [0.25, 0.3) is 0 Å². The van der Waals surface area contributed by atoms with Crippen molar-refractivity contribution >= 4 is 12.0 Å². The van der Waals surface area contributed by atoms with Crippen molar-refractivity contribution in [3.63, 3.8) is 0 Å². The second-order valence-electron chi connectivity index (χ2n) is 9.45. The van der Waals surface area contributed by atoms with Crippen molar-refractivity contribution in [2.24, 2.45) is 11.8 Å². The lowest BCUT2D eigenvalue weighted by atomic mass is 9.98. The van der Waals surface area contributed by atoms with E-state index in [0.717, 1.165) is 22.4 Å². The van der Waals surface area contributed by atoms with E-state index in [4.69, 9.17) is 5.84 Å². The maximum Gasteiger partial charge on any atom is 0.407 e. The summed E-state index contributed by atoms with van der Waals surface area (Å²) in [7, 11) is 1.24. The maximum absolute atomic E-state index is 13.1. The Kier molecular flexibility index (Phi) is 10.7. The van der Waals surface area contributed by atoms with Crippen molar-refractivity contribution in [3.8, 4) is 11.3 Å². The monoisotopic (exact) mass is 520 g/mol. The van der Waals surface area contributed by atoms with Crippen molar-refractivity contribution in [3.05, 3.63) is 84.3 Å². The normalized spacial score (nSPS) is 13.6. The molecule has 0 unspecified atom stereocenters. The van der Waals surface area contributed by atoms with E-state index in [1.165, 1.54) is 12.1 Å². The number of aliphatic hydroxyl groups excluding tert-OH is 1. The average molecular weight is 521 g/mol. The molecule has 10 heteroatoms. The summed E-state index contributed by atoms with van der Waals surface area (Å²) in [6.07, 6.45) is 3.68. The van der Waals surface area contributed by atoms with E-state index in [-0.39, 0.29) is 12.5 Å². The predicted molar refractivity (Wildman–Crippen MR) is 144 cm³/mol. The van der Waals surface area contributed by atoms with E-state index in [9.17, 15) is 14.7 Å². The van der Waals surface area contributed by atoms with Crippen LogP contribution in [-0.4, -0.2) is 63.9 Å². The number of aromatic nitrogens is 2. The third-order valence-corrected chi connectivity index (χ3v) is 6.12. The summed E-state index contributed by atoms with van der Waals surface area (Å²) >= 11 is 0. The van der Waals surface area contributed by atoms with Crippen LogP contribution in [-0.2, 0) is 22.5 Å². The summed E-state index contributed by atoms with van der Waals surface area (Å²) in [5.74, 6) is 5.67. The van der Waals surface area contributed by atoms with Gasteiger partial charge in [0.1, 0.15) is 6.04 Å². The molecule has 0 spiro atoms. The molecule has 202 valence electrons. The molecule has 0 radical (unpaired) electrons. The topological polar surface area (TPSA) is 143 Å². The molecule has 0 saturated heterocycles. The molecule has 0 aliphatic carbocycles. The zero-order valence-corrected chi connectivity index (χ0v) is 21.9. The first-order valence-electron chi connectivity index (χ1n) is 12.5. The van der Waals surface area contributed by atoms with Crippen molar-refractivity contribution in [1.82, 2.24) is 25.6 Å². The van der Waals surface area contributed by atoms with Gasteiger partial charge in [-0.2, -0.15) is 0 Å². The Balaban J connectivity index is 1.67. The van der Waals surface area contributed by atoms with Crippen LogP contribution in [0.5, 0.6) is 0 Å². The molecule has 0 aliphatic rings. The molecule has 2 aromatic carbocycles. The largest absolute Gasteiger partial charge is 0.453 e.